The molecule has 0 aliphatic heterocycles. The Hall–Kier alpha value is -1.11. The molecule has 0 saturated carbocycles. The highest BCUT2D eigenvalue weighted by molar-refractivity contribution is 5.76. The van der Waals surface area contributed by atoms with Crippen molar-refractivity contribution >= 4 is 5.78 Å². The van der Waals surface area contributed by atoms with Crippen molar-refractivity contribution in [2.24, 2.45) is 0 Å². The molecule has 0 heterocycles. The quantitative estimate of drug-likeness (QED) is 0.691. The van der Waals surface area contributed by atoms with Crippen LogP contribution in [0.3, 0.4) is 0 Å². The molecule has 0 N–H and O–H groups in total. The van der Waals surface area contributed by atoms with Gasteiger partial charge in [0, 0.05) is 6.42 Å². The first-order valence-electron chi connectivity index (χ1n) is 4.65. The van der Waals surface area contributed by atoms with Crippen LogP contribution in [0.15, 0.2) is 24.3 Å². The summed E-state index contributed by atoms with van der Waals surface area (Å²) in [6.45, 7) is 5.81. The Balaban J connectivity index is 2.76. The van der Waals surface area contributed by atoms with E-state index < -0.39 is 0 Å². The van der Waals surface area contributed by atoms with E-state index in [-0.39, 0.29) is 5.78 Å². The first kappa shape index (κ1) is 9.97. The fourth-order valence-electron chi connectivity index (χ4n) is 1.53. The number of carbonyl (C=O) groups excluding carboxylic acids is 1. The van der Waals surface area contributed by atoms with Gasteiger partial charge in [0.25, 0.3) is 0 Å². The summed E-state index contributed by atoms with van der Waals surface area (Å²) in [5.74, 6) is 0.603. The summed E-state index contributed by atoms with van der Waals surface area (Å²) < 4.78 is 0. The van der Waals surface area contributed by atoms with E-state index in [0.29, 0.717) is 12.3 Å². The zero-order valence-electron chi connectivity index (χ0n) is 8.50. The molecule has 1 aromatic rings. The first-order chi connectivity index (χ1) is 6.09. The molecule has 1 rings (SSSR count). The summed E-state index contributed by atoms with van der Waals surface area (Å²) >= 11 is 0. The van der Waals surface area contributed by atoms with Gasteiger partial charge in [-0.15, -0.1) is 0 Å². The van der Waals surface area contributed by atoms with Crippen LogP contribution in [-0.4, -0.2) is 5.78 Å². The van der Waals surface area contributed by atoms with Crippen LogP contribution >= 0.6 is 0 Å². The van der Waals surface area contributed by atoms with Crippen LogP contribution in [0.25, 0.3) is 0 Å². The zero-order chi connectivity index (χ0) is 9.84. The molecule has 0 amide bonds. The van der Waals surface area contributed by atoms with Gasteiger partial charge in [0.1, 0.15) is 5.78 Å². The Kier molecular flexibility index (Phi) is 3.24. The zero-order valence-corrected chi connectivity index (χ0v) is 8.50. The van der Waals surface area contributed by atoms with Gasteiger partial charge in [0.2, 0.25) is 0 Å². The highest BCUT2D eigenvalue weighted by Gasteiger charge is 2.07. The summed E-state index contributed by atoms with van der Waals surface area (Å²) in [6, 6.07) is 8.35. The molecular weight excluding hydrogens is 160 g/mol. The summed E-state index contributed by atoms with van der Waals surface area (Å²) in [6.07, 6.45) is 0.642. The van der Waals surface area contributed by atoms with Crippen LogP contribution in [0, 0.1) is 6.92 Å². The van der Waals surface area contributed by atoms with E-state index in [1.54, 1.807) is 6.92 Å². The maximum atomic E-state index is 10.9. The molecule has 1 aromatic carbocycles. The molecule has 1 atom stereocenters. The van der Waals surface area contributed by atoms with Crippen molar-refractivity contribution < 1.29 is 4.79 Å². The number of Topliss-reactive ketones (excluding diaryl/α,β-unsaturated/α-hetero) is 1. The van der Waals surface area contributed by atoms with Gasteiger partial charge in [-0.3, -0.25) is 0 Å². The molecular formula is C12H16O. The molecule has 70 valence electrons. The van der Waals surface area contributed by atoms with Crippen LogP contribution in [0.4, 0.5) is 0 Å². The van der Waals surface area contributed by atoms with E-state index in [2.05, 4.69) is 32.0 Å². The van der Waals surface area contributed by atoms with E-state index in [4.69, 9.17) is 0 Å². The lowest BCUT2D eigenvalue weighted by atomic mass is 9.95. The van der Waals surface area contributed by atoms with Gasteiger partial charge in [-0.05, 0) is 25.3 Å². The van der Waals surface area contributed by atoms with Crippen molar-refractivity contribution in [3.05, 3.63) is 35.4 Å². The monoisotopic (exact) mass is 176 g/mol. The van der Waals surface area contributed by atoms with Gasteiger partial charge >= 0.3 is 0 Å². The average molecular weight is 176 g/mol. The van der Waals surface area contributed by atoms with E-state index in [1.165, 1.54) is 11.1 Å². The molecule has 13 heavy (non-hydrogen) atoms. The van der Waals surface area contributed by atoms with Crippen molar-refractivity contribution in [1.29, 1.82) is 0 Å². The normalized spacial score (nSPS) is 12.5. The van der Waals surface area contributed by atoms with E-state index >= 15 is 0 Å². The molecule has 1 heteroatoms. The first-order valence-corrected chi connectivity index (χ1v) is 4.65. The minimum absolute atomic E-state index is 0.258. The number of ketones is 1. The van der Waals surface area contributed by atoms with E-state index in [1.807, 2.05) is 6.07 Å². The van der Waals surface area contributed by atoms with E-state index in [0.717, 1.165) is 0 Å². The fourth-order valence-corrected chi connectivity index (χ4v) is 1.53. The van der Waals surface area contributed by atoms with Crippen LogP contribution in [0.1, 0.15) is 37.3 Å². The highest BCUT2D eigenvalue weighted by atomic mass is 16.1. The molecule has 0 saturated heterocycles. The number of aryl methyl sites for hydroxylation is 1. The number of hydrogen-bond acceptors (Lipinski definition) is 1. The predicted octanol–water partition coefficient (Wildman–Crippen LogP) is 3.08. The third-order valence-electron chi connectivity index (χ3n) is 2.20. The molecule has 0 radical (unpaired) electrons. The molecule has 0 aliphatic carbocycles. The Morgan fingerprint density at radius 3 is 2.69 bits per heavy atom. The third kappa shape index (κ3) is 3.02. The van der Waals surface area contributed by atoms with Crippen LogP contribution < -0.4 is 0 Å². The van der Waals surface area contributed by atoms with Gasteiger partial charge < -0.3 is 4.79 Å². The SMILES string of the molecule is CC(=O)C[C@H](C)c1cccc(C)c1. The largest absolute Gasteiger partial charge is 0.300 e. The highest BCUT2D eigenvalue weighted by Crippen LogP contribution is 2.19. The van der Waals surface area contributed by atoms with Gasteiger partial charge in [-0.2, -0.15) is 0 Å². The Labute approximate surface area is 79.8 Å². The molecule has 1 nitrogen and oxygen atoms in total. The second kappa shape index (κ2) is 4.22. The predicted molar refractivity (Wildman–Crippen MR) is 54.9 cm³/mol. The van der Waals surface area contributed by atoms with Crippen LogP contribution in [-0.2, 0) is 4.79 Å². The van der Waals surface area contributed by atoms with Crippen molar-refractivity contribution in [2.45, 2.75) is 33.1 Å². The van der Waals surface area contributed by atoms with Crippen molar-refractivity contribution in [3.63, 3.8) is 0 Å². The second-order valence-corrected chi connectivity index (χ2v) is 3.72. The summed E-state index contributed by atoms with van der Waals surface area (Å²) in [7, 11) is 0. The maximum absolute atomic E-state index is 10.9. The Morgan fingerprint density at radius 2 is 2.15 bits per heavy atom. The van der Waals surface area contributed by atoms with Gasteiger partial charge in [0.05, 0.1) is 0 Å². The molecule has 0 bridgehead atoms. The summed E-state index contributed by atoms with van der Waals surface area (Å²) in [4.78, 5) is 10.9. The fraction of sp³-hybridized carbons (Fsp3) is 0.417. The van der Waals surface area contributed by atoms with Gasteiger partial charge in [-0.25, -0.2) is 0 Å². The number of benzene rings is 1. The topological polar surface area (TPSA) is 17.1 Å². The summed E-state index contributed by atoms with van der Waals surface area (Å²) in [5, 5.41) is 0. The van der Waals surface area contributed by atoms with Crippen LogP contribution in [0.2, 0.25) is 0 Å². The van der Waals surface area contributed by atoms with E-state index in [9.17, 15) is 4.79 Å². The standard InChI is InChI=1S/C12H16O/c1-9-5-4-6-12(7-9)10(2)8-11(3)13/h4-7,10H,8H2,1-3H3/t10-/m0/s1. The van der Waals surface area contributed by atoms with Crippen molar-refractivity contribution in [2.75, 3.05) is 0 Å². The maximum Gasteiger partial charge on any atom is 0.130 e. The van der Waals surface area contributed by atoms with Crippen molar-refractivity contribution in [3.8, 4) is 0 Å². The number of carbonyl (C=O) groups is 1. The molecule has 0 aliphatic rings. The van der Waals surface area contributed by atoms with Gasteiger partial charge in [-0.1, -0.05) is 36.8 Å². The average Bonchev–Trinajstić information content (AvgIpc) is 2.03. The number of rotatable bonds is 3. The molecule has 0 aromatic heterocycles. The minimum Gasteiger partial charge on any atom is -0.300 e. The molecule has 0 spiro atoms. The molecule has 0 fully saturated rings. The van der Waals surface area contributed by atoms with Gasteiger partial charge in [0.15, 0.2) is 0 Å². The Morgan fingerprint density at radius 1 is 1.46 bits per heavy atom. The molecule has 0 unspecified atom stereocenters. The second-order valence-electron chi connectivity index (χ2n) is 3.72. The smallest absolute Gasteiger partial charge is 0.130 e. The lowest BCUT2D eigenvalue weighted by Crippen LogP contribution is -2.00. The lowest BCUT2D eigenvalue weighted by molar-refractivity contribution is -0.117. The number of hydrogen-bond donors (Lipinski definition) is 0. The van der Waals surface area contributed by atoms with Crippen molar-refractivity contribution in [1.82, 2.24) is 0 Å². The van der Waals surface area contributed by atoms with Crippen LogP contribution in [0.5, 0.6) is 0 Å². The minimum atomic E-state index is 0.258. The Bertz CT molecular complexity index is 302. The lowest BCUT2D eigenvalue weighted by Gasteiger charge is -2.09. The third-order valence-corrected chi connectivity index (χ3v) is 2.20. The summed E-state index contributed by atoms with van der Waals surface area (Å²) in [5.41, 5.74) is 2.52.